The Morgan fingerprint density at radius 3 is 2.62 bits per heavy atom. The molecule has 2 fully saturated rings. The van der Waals surface area contributed by atoms with Crippen molar-refractivity contribution < 1.29 is 9.26 Å². The number of nitriles is 1. The number of hydrogen-bond acceptors (Lipinski definition) is 5. The first-order chi connectivity index (χ1) is 10.00. The number of ether oxygens (including phenoxy) is 1. The highest BCUT2D eigenvalue weighted by molar-refractivity contribution is 5.17. The van der Waals surface area contributed by atoms with Crippen LogP contribution in [0.25, 0.3) is 0 Å². The molecular weight excluding hydrogens is 266 g/mol. The zero-order chi connectivity index (χ0) is 15.1. The van der Waals surface area contributed by atoms with E-state index in [2.05, 4.69) is 30.1 Å². The highest BCUT2D eigenvalue weighted by atomic mass is 16.5. The fraction of sp³-hybridized carbons (Fsp3) is 0.812. The van der Waals surface area contributed by atoms with Gasteiger partial charge in [-0.1, -0.05) is 19.0 Å². The van der Waals surface area contributed by atoms with E-state index in [0.29, 0.717) is 23.7 Å². The lowest BCUT2D eigenvalue weighted by Crippen LogP contribution is -2.38. The molecule has 114 valence electrons. The summed E-state index contributed by atoms with van der Waals surface area (Å²) < 4.78 is 11.5. The Balaban J connectivity index is 1.80. The van der Waals surface area contributed by atoms with E-state index in [4.69, 9.17) is 14.5 Å². The van der Waals surface area contributed by atoms with Crippen molar-refractivity contribution in [3.8, 4) is 6.07 Å². The molecule has 2 saturated carbocycles. The van der Waals surface area contributed by atoms with Crippen LogP contribution in [0, 0.1) is 22.7 Å². The summed E-state index contributed by atoms with van der Waals surface area (Å²) >= 11 is 0. The monoisotopic (exact) mass is 289 g/mol. The zero-order valence-electron chi connectivity index (χ0n) is 13.1. The second-order valence-corrected chi connectivity index (χ2v) is 7.13. The average Bonchev–Trinajstić information content (AvgIpc) is 3.09. The van der Waals surface area contributed by atoms with Crippen LogP contribution in [-0.2, 0) is 10.3 Å². The van der Waals surface area contributed by atoms with Crippen LogP contribution in [0.5, 0.6) is 0 Å². The van der Waals surface area contributed by atoms with Gasteiger partial charge in [0.2, 0.25) is 11.7 Å². The molecule has 0 bridgehead atoms. The van der Waals surface area contributed by atoms with Crippen molar-refractivity contribution in [2.24, 2.45) is 11.3 Å². The Bertz CT molecular complexity index is 548. The quantitative estimate of drug-likeness (QED) is 0.847. The van der Waals surface area contributed by atoms with Gasteiger partial charge in [0, 0.05) is 6.61 Å². The normalized spacial score (nSPS) is 29.8. The molecule has 21 heavy (non-hydrogen) atoms. The first-order valence-corrected chi connectivity index (χ1v) is 7.87. The maximum atomic E-state index is 8.92. The van der Waals surface area contributed by atoms with E-state index in [1.165, 1.54) is 0 Å². The van der Waals surface area contributed by atoms with E-state index in [1.54, 1.807) is 0 Å². The second kappa shape index (κ2) is 5.10. The van der Waals surface area contributed by atoms with E-state index in [0.717, 1.165) is 32.1 Å². The topological polar surface area (TPSA) is 71.9 Å². The van der Waals surface area contributed by atoms with Gasteiger partial charge >= 0.3 is 0 Å². The Labute approximate surface area is 125 Å². The fourth-order valence-electron chi connectivity index (χ4n) is 3.22. The molecule has 3 rings (SSSR count). The van der Waals surface area contributed by atoms with Crippen LogP contribution in [0.15, 0.2) is 4.52 Å². The van der Waals surface area contributed by atoms with Crippen molar-refractivity contribution in [2.75, 3.05) is 6.61 Å². The van der Waals surface area contributed by atoms with Gasteiger partial charge in [0.1, 0.15) is 5.60 Å². The minimum absolute atomic E-state index is 0.0478. The first-order valence-electron chi connectivity index (χ1n) is 7.87. The largest absolute Gasteiger partial charge is 0.367 e. The van der Waals surface area contributed by atoms with E-state index in [1.807, 2.05) is 6.92 Å². The maximum absolute atomic E-state index is 8.92. The SMILES string of the molecule is CCOC1(c2noc(C3CC3C#N)n2)CCC(C)(C)CC1. The van der Waals surface area contributed by atoms with E-state index in [-0.39, 0.29) is 11.8 Å². The van der Waals surface area contributed by atoms with Gasteiger partial charge in [-0.25, -0.2) is 0 Å². The van der Waals surface area contributed by atoms with Crippen molar-refractivity contribution in [3.63, 3.8) is 0 Å². The molecular formula is C16H23N3O2. The number of rotatable bonds is 4. The van der Waals surface area contributed by atoms with Gasteiger partial charge in [-0.15, -0.1) is 0 Å². The Morgan fingerprint density at radius 2 is 2.05 bits per heavy atom. The van der Waals surface area contributed by atoms with Crippen molar-refractivity contribution >= 4 is 0 Å². The van der Waals surface area contributed by atoms with Crippen LogP contribution in [0.2, 0.25) is 0 Å². The summed E-state index contributed by atoms with van der Waals surface area (Å²) in [6.45, 7) is 7.25. The van der Waals surface area contributed by atoms with Crippen LogP contribution >= 0.6 is 0 Å². The second-order valence-electron chi connectivity index (χ2n) is 7.13. The summed E-state index contributed by atoms with van der Waals surface area (Å²) in [6.07, 6.45) is 4.90. The predicted octanol–water partition coefficient (Wildman–Crippen LogP) is 3.53. The molecule has 0 amide bonds. The third kappa shape index (κ3) is 2.69. The van der Waals surface area contributed by atoms with Gasteiger partial charge in [0.05, 0.1) is 17.9 Å². The Kier molecular flexibility index (Phi) is 3.53. The lowest BCUT2D eigenvalue weighted by atomic mass is 9.70. The summed E-state index contributed by atoms with van der Waals surface area (Å²) in [5.41, 5.74) is -0.0430. The molecule has 2 aliphatic rings. The van der Waals surface area contributed by atoms with Gasteiger partial charge in [-0.3, -0.25) is 0 Å². The third-order valence-electron chi connectivity index (χ3n) is 4.95. The van der Waals surface area contributed by atoms with Gasteiger partial charge in [-0.2, -0.15) is 10.2 Å². The van der Waals surface area contributed by atoms with Crippen molar-refractivity contribution in [3.05, 3.63) is 11.7 Å². The molecule has 0 spiro atoms. The minimum atomic E-state index is -0.400. The molecule has 2 atom stereocenters. The minimum Gasteiger partial charge on any atom is -0.367 e. The zero-order valence-corrected chi connectivity index (χ0v) is 13.1. The first kappa shape index (κ1) is 14.5. The smallest absolute Gasteiger partial charge is 0.231 e. The summed E-state index contributed by atoms with van der Waals surface area (Å²) in [6, 6.07) is 2.26. The van der Waals surface area contributed by atoms with Gasteiger partial charge < -0.3 is 9.26 Å². The van der Waals surface area contributed by atoms with Crippen LogP contribution in [0.3, 0.4) is 0 Å². The highest BCUT2D eigenvalue weighted by Gasteiger charge is 2.47. The fourth-order valence-corrected chi connectivity index (χ4v) is 3.22. The molecule has 1 heterocycles. The number of hydrogen-bond donors (Lipinski definition) is 0. The molecule has 0 radical (unpaired) electrons. The summed E-state index contributed by atoms with van der Waals surface area (Å²) in [5.74, 6) is 1.47. The molecule has 5 heteroatoms. The standard InChI is InChI=1S/C16H23N3O2/c1-4-20-16(7-5-15(2,3)6-8-16)14-18-13(21-19-14)12-9-11(12)10-17/h11-12H,4-9H2,1-3H3. The molecule has 0 aromatic carbocycles. The summed E-state index contributed by atoms with van der Waals surface area (Å²) in [5, 5.41) is 13.1. The summed E-state index contributed by atoms with van der Waals surface area (Å²) in [4.78, 5) is 4.58. The Hall–Kier alpha value is -1.41. The molecule has 2 aliphatic carbocycles. The molecule has 5 nitrogen and oxygen atoms in total. The average molecular weight is 289 g/mol. The van der Waals surface area contributed by atoms with E-state index >= 15 is 0 Å². The molecule has 1 aromatic rings. The van der Waals surface area contributed by atoms with E-state index in [9.17, 15) is 0 Å². The number of aromatic nitrogens is 2. The van der Waals surface area contributed by atoms with Crippen LogP contribution in [0.1, 0.15) is 70.5 Å². The lowest BCUT2D eigenvalue weighted by Gasteiger charge is -2.41. The van der Waals surface area contributed by atoms with Crippen molar-refractivity contribution in [2.45, 2.75) is 64.4 Å². The predicted molar refractivity (Wildman–Crippen MR) is 76.3 cm³/mol. The van der Waals surface area contributed by atoms with Crippen LogP contribution < -0.4 is 0 Å². The third-order valence-corrected chi connectivity index (χ3v) is 4.95. The molecule has 0 N–H and O–H groups in total. The van der Waals surface area contributed by atoms with Crippen LogP contribution in [-0.4, -0.2) is 16.7 Å². The van der Waals surface area contributed by atoms with Crippen LogP contribution in [0.4, 0.5) is 0 Å². The maximum Gasteiger partial charge on any atom is 0.231 e. The number of nitrogens with zero attached hydrogens (tertiary/aromatic N) is 3. The van der Waals surface area contributed by atoms with Gasteiger partial charge in [0.25, 0.3) is 0 Å². The molecule has 0 saturated heterocycles. The molecule has 0 aliphatic heterocycles. The molecule has 1 aromatic heterocycles. The summed E-state index contributed by atoms with van der Waals surface area (Å²) in [7, 11) is 0. The molecule has 2 unspecified atom stereocenters. The van der Waals surface area contributed by atoms with Gasteiger partial charge in [0.15, 0.2) is 0 Å². The van der Waals surface area contributed by atoms with Crippen molar-refractivity contribution in [1.82, 2.24) is 10.1 Å². The van der Waals surface area contributed by atoms with E-state index < -0.39 is 5.60 Å². The Morgan fingerprint density at radius 1 is 1.33 bits per heavy atom. The van der Waals surface area contributed by atoms with Crippen molar-refractivity contribution in [1.29, 1.82) is 5.26 Å². The lowest BCUT2D eigenvalue weighted by molar-refractivity contribution is -0.0957. The van der Waals surface area contributed by atoms with Gasteiger partial charge in [-0.05, 0) is 44.4 Å². The highest BCUT2D eigenvalue weighted by Crippen LogP contribution is 2.49.